The summed E-state index contributed by atoms with van der Waals surface area (Å²) in [4.78, 5) is 42.1. The summed E-state index contributed by atoms with van der Waals surface area (Å²) in [7, 11) is 0. The number of hydrogen-bond donors (Lipinski definition) is 1. The third-order valence-corrected chi connectivity index (χ3v) is 4.86. The summed E-state index contributed by atoms with van der Waals surface area (Å²) in [6.45, 7) is 0.141. The number of carbonyl (C=O) groups excluding carboxylic acids is 3. The lowest BCUT2D eigenvalue weighted by atomic mass is 10.1. The maximum Gasteiger partial charge on any atom is 0.261 e. The zero-order valence-corrected chi connectivity index (χ0v) is 16.2. The third kappa shape index (κ3) is 4.27. The first kappa shape index (κ1) is 19.5. The molecule has 0 aliphatic carbocycles. The van der Waals surface area contributed by atoms with E-state index in [0.29, 0.717) is 29.3 Å². The van der Waals surface area contributed by atoms with Crippen LogP contribution in [0.25, 0.3) is 0 Å². The summed E-state index contributed by atoms with van der Waals surface area (Å²) in [6, 6.07) is 16.6. The molecule has 1 aliphatic heterocycles. The normalized spacial score (nSPS) is 12.9. The molecule has 8 heteroatoms. The monoisotopic (exact) mass is 404 g/mol. The Balaban J connectivity index is 1.23. The van der Waals surface area contributed by atoms with Gasteiger partial charge in [-0.2, -0.15) is 4.98 Å². The van der Waals surface area contributed by atoms with Crippen molar-refractivity contribution in [3.63, 3.8) is 0 Å². The first-order chi connectivity index (χ1) is 14.6. The molecule has 0 radical (unpaired) electrons. The number of carbonyl (C=O) groups is 3. The van der Waals surface area contributed by atoms with Crippen molar-refractivity contribution in [1.82, 2.24) is 20.4 Å². The molecule has 1 aliphatic rings. The van der Waals surface area contributed by atoms with Crippen LogP contribution >= 0.6 is 0 Å². The van der Waals surface area contributed by atoms with Crippen molar-refractivity contribution in [1.29, 1.82) is 0 Å². The standard InChI is InChI=1S/C22H20N4O4/c27-19(12-13-26-21(28)16-8-4-5-9-17(16)22(26)29)23-14-18-24-20(30-25-18)11-10-15-6-2-1-3-7-15/h1-9H,10-14H2,(H,23,27). The fourth-order valence-electron chi connectivity index (χ4n) is 3.28. The number of hydrogen-bond acceptors (Lipinski definition) is 6. The Morgan fingerprint density at radius 3 is 2.30 bits per heavy atom. The van der Waals surface area contributed by atoms with Crippen LogP contribution in [-0.2, 0) is 24.2 Å². The number of imide groups is 1. The fraction of sp³-hybridized carbons (Fsp3) is 0.227. The number of benzene rings is 2. The molecule has 1 N–H and O–H groups in total. The van der Waals surface area contributed by atoms with Crippen molar-refractivity contribution >= 4 is 17.7 Å². The Kier molecular flexibility index (Phi) is 5.65. The number of rotatable bonds is 8. The van der Waals surface area contributed by atoms with Gasteiger partial charge in [0.05, 0.1) is 17.7 Å². The third-order valence-electron chi connectivity index (χ3n) is 4.86. The van der Waals surface area contributed by atoms with E-state index in [-0.39, 0.29) is 37.2 Å². The van der Waals surface area contributed by atoms with Crippen molar-refractivity contribution in [2.75, 3.05) is 6.54 Å². The molecule has 0 spiro atoms. The SMILES string of the molecule is O=C(CCN1C(=O)c2ccccc2C1=O)NCc1noc(CCc2ccccc2)n1. The van der Waals surface area contributed by atoms with Crippen LogP contribution in [0.4, 0.5) is 0 Å². The summed E-state index contributed by atoms with van der Waals surface area (Å²) in [6.07, 6.45) is 1.41. The predicted molar refractivity (Wildman–Crippen MR) is 106 cm³/mol. The van der Waals surface area contributed by atoms with Gasteiger partial charge < -0.3 is 9.84 Å². The molecule has 0 fully saturated rings. The highest BCUT2D eigenvalue weighted by molar-refractivity contribution is 6.21. The van der Waals surface area contributed by atoms with E-state index in [0.717, 1.165) is 11.3 Å². The second-order valence-electron chi connectivity index (χ2n) is 6.92. The van der Waals surface area contributed by atoms with Gasteiger partial charge in [-0.3, -0.25) is 19.3 Å². The van der Waals surface area contributed by atoms with E-state index in [1.165, 1.54) is 5.56 Å². The Morgan fingerprint density at radius 2 is 1.60 bits per heavy atom. The second kappa shape index (κ2) is 8.69. The molecule has 2 aromatic carbocycles. The molecule has 152 valence electrons. The van der Waals surface area contributed by atoms with E-state index in [4.69, 9.17) is 4.52 Å². The maximum absolute atomic E-state index is 12.3. The summed E-state index contributed by atoms with van der Waals surface area (Å²) >= 11 is 0. The average molecular weight is 404 g/mol. The van der Waals surface area contributed by atoms with E-state index < -0.39 is 0 Å². The predicted octanol–water partition coefficient (Wildman–Crippen LogP) is 2.16. The van der Waals surface area contributed by atoms with Gasteiger partial charge in [-0.05, 0) is 24.1 Å². The topological polar surface area (TPSA) is 105 Å². The highest BCUT2D eigenvalue weighted by Crippen LogP contribution is 2.22. The number of nitrogens with one attached hydrogen (secondary N) is 1. The fourth-order valence-corrected chi connectivity index (χ4v) is 3.28. The average Bonchev–Trinajstić information content (AvgIpc) is 3.33. The van der Waals surface area contributed by atoms with Crippen LogP contribution in [0.2, 0.25) is 0 Å². The molecule has 3 aromatic rings. The van der Waals surface area contributed by atoms with Crippen LogP contribution < -0.4 is 5.32 Å². The number of aryl methyl sites for hydroxylation is 2. The quantitative estimate of drug-likeness (QED) is 0.577. The molecule has 0 bridgehead atoms. The van der Waals surface area contributed by atoms with Gasteiger partial charge in [-0.1, -0.05) is 47.6 Å². The first-order valence-corrected chi connectivity index (χ1v) is 9.69. The van der Waals surface area contributed by atoms with Gasteiger partial charge >= 0.3 is 0 Å². The molecule has 0 atom stereocenters. The maximum atomic E-state index is 12.3. The van der Waals surface area contributed by atoms with Crippen LogP contribution in [0.5, 0.6) is 0 Å². The summed E-state index contributed by atoms with van der Waals surface area (Å²) in [5.41, 5.74) is 1.93. The molecular formula is C22H20N4O4. The lowest BCUT2D eigenvalue weighted by molar-refractivity contribution is -0.121. The van der Waals surface area contributed by atoms with Crippen LogP contribution in [0.15, 0.2) is 59.1 Å². The lowest BCUT2D eigenvalue weighted by Gasteiger charge is -2.13. The van der Waals surface area contributed by atoms with Gasteiger partial charge in [0.1, 0.15) is 0 Å². The van der Waals surface area contributed by atoms with Gasteiger partial charge in [-0.25, -0.2) is 0 Å². The molecule has 0 unspecified atom stereocenters. The smallest absolute Gasteiger partial charge is 0.261 e. The zero-order valence-electron chi connectivity index (χ0n) is 16.2. The van der Waals surface area contributed by atoms with Crippen LogP contribution in [0, 0.1) is 0 Å². The van der Waals surface area contributed by atoms with Gasteiger partial charge in [0.15, 0.2) is 5.82 Å². The van der Waals surface area contributed by atoms with E-state index in [1.807, 2.05) is 30.3 Å². The Bertz CT molecular complexity index is 1040. The molecule has 4 rings (SSSR count). The van der Waals surface area contributed by atoms with Crippen molar-refractivity contribution in [3.05, 3.63) is 83.0 Å². The van der Waals surface area contributed by atoms with Gasteiger partial charge in [0.2, 0.25) is 11.8 Å². The minimum Gasteiger partial charge on any atom is -0.349 e. The van der Waals surface area contributed by atoms with E-state index in [2.05, 4.69) is 15.5 Å². The van der Waals surface area contributed by atoms with Crippen LogP contribution in [-0.4, -0.2) is 39.3 Å². The summed E-state index contributed by atoms with van der Waals surface area (Å²) in [5.74, 6) is -0.155. The van der Waals surface area contributed by atoms with Crippen molar-refractivity contribution in [2.45, 2.75) is 25.8 Å². The lowest BCUT2D eigenvalue weighted by Crippen LogP contribution is -2.34. The number of aromatic nitrogens is 2. The molecular weight excluding hydrogens is 384 g/mol. The van der Waals surface area contributed by atoms with E-state index in [9.17, 15) is 14.4 Å². The van der Waals surface area contributed by atoms with Gasteiger partial charge in [0.25, 0.3) is 11.8 Å². The van der Waals surface area contributed by atoms with Crippen LogP contribution in [0.3, 0.4) is 0 Å². The molecule has 2 heterocycles. The van der Waals surface area contributed by atoms with Crippen molar-refractivity contribution in [2.24, 2.45) is 0 Å². The Morgan fingerprint density at radius 1 is 0.933 bits per heavy atom. The van der Waals surface area contributed by atoms with Crippen molar-refractivity contribution < 1.29 is 18.9 Å². The van der Waals surface area contributed by atoms with E-state index in [1.54, 1.807) is 24.3 Å². The number of fused-ring (bicyclic) bond motifs is 1. The zero-order chi connectivity index (χ0) is 20.9. The van der Waals surface area contributed by atoms with E-state index >= 15 is 0 Å². The van der Waals surface area contributed by atoms with Crippen molar-refractivity contribution in [3.8, 4) is 0 Å². The molecule has 0 saturated heterocycles. The highest BCUT2D eigenvalue weighted by atomic mass is 16.5. The van der Waals surface area contributed by atoms with Gasteiger partial charge in [0, 0.05) is 19.4 Å². The van der Waals surface area contributed by atoms with Gasteiger partial charge in [-0.15, -0.1) is 0 Å². The minimum absolute atomic E-state index is 0.00415. The van der Waals surface area contributed by atoms with Crippen LogP contribution in [0.1, 0.15) is 44.4 Å². The number of nitrogens with zero attached hydrogens (tertiary/aromatic N) is 3. The largest absolute Gasteiger partial charge is 0.349 e. The Hall–Kier alpha value is -3.81. The minimum atomic E-state index is -0.371. The molecule has 3 amide bonds. The highest BCUT2D eigenvalue weighted by Gasteiger charge is 2.34. The first-order valence-electron chi connectivity index (χ1n) is 9.69. The summed E-state index contributed by atoms with van der Waals surface area (Å²) in [5, 5.41) is 6.56. The molecule has 0 saturated carbocycles. The molecule has 1 aromatic heterocycles. The molecule has 8 nitrogen and oxygen atoms in total. The Labute approximate surface area is 172 Å². The summed E-state index contributed by atoms with van der Waals surface area (Å²) < 4.78 is 5.21. The number of amides is 3. The second-order valence-corrected chi connectivity index (χ2v) is 6.92. The molecule has 30 heavy (non-hydrogen) atoms.